The van der Waals surface area contributed by atoms with Crippen LogP contribution in [0.1, 0.15) is 30.1 Å². The molecular formula is C12H17N3O. The highest BCUT2D eigenvalue weighted by Gasteiger charge is 2.36. The molecule has 2 rings (SSSR count). The normalized spacial score (nSPS) is 16.8. The maximum atomic E-state index is 10.9. The summed E-state index contributed by atoms with van der Waals surface area (Å²) in [7, 11) is 0. The van der Waals surface area contributed by atoms with E-state index >= 15 is 0 Å². The van der Waals surface area contributed by atoms with Crippen LogP contribution in [0.25, 0.3) is 0 Å². The van der Waals surface area contributed by atoms with E-state index < -0.39 is 5.91 Å². The van der Waals surface area contributed by atoms with Crippen molar-refractivity contribution in [3.05, 3.63) is 23.8 Å². The predicted molar refractivity (Wildman–Crippen MR) is 65.2 cm³/mol. The second-order valence-electron chi connectivity index (χ2n) is 4.83. The molecule has 1 saturated carbocycles. The molecule has 4 nitrogen and oxygen atoms in total. The van der Waals surface area contributed by atoms with Gasteiger partial charge in [0.25, 0.3) is 0 Å². The van der Waals surface area contributed by atoms with Crippen molar-refractivity contribution < 1.29 is 4.79 Å². The standard InChI is InChI=1S/C12H17N3O/c1-12(4-5-12)7-15-10-3-2-8(11(14)16)6-9(10)13/h2-3,6,15H,4-5,7,13H2,1H3,(H2,14,16). The molecule has 5 N–H and O–H groups in total. The van der Waals surface area contributed by atoms with Crippen molar-refractivity contribution in [1.29, 1.82) is 0 Å². The molecule has 0 atom stereocenters. The fourth-order valence-corrected chi connectivity index (χ4v) is 1.58. The molecule has 0 heterocycles. The molecule has 1 aliphatic rings. The number of hydrogen-bond acceptors (Lipinski definition) is 3. The summed E-state index contributed by atoms with van der Waals surface area (Å²) in [6, 6.07) is 5.11. The minimum Gasteiger partial charge on any atom is -0.397 e. The van der Waals surface area contributed by atoms with Gasteiger partial charge >= 0.3 is 0 Å². The lowest BCUT2D eigenvalue weighted by molar-refractivity contribution is 0.100. The highest BCUT2D eigenvalue weighted by atomic mass is 16.1. The van der Waals surface area contributed by atoms with Gasteiger partial charge in [-0.05, 0) is 36.5 Å². The number of nitrogens with two attached hydrogens (primary N) is 2. The first kappa shape index (κ1) is 10.8. The van der Waals surface area contributed by atoms with Crippen LogP contribution in [-0.2, 0) is 0 Å². The van der Waals surface area contributed by atoms with Gasteiger partial charge in [0.15, 0.2) is 0 Å². The van der Waals surface area contributed by atoms with E-state index in [-0.39, 0.29) is 0 Å². The first-order chi connectivity index (χ1) is 7.50. The minimum absolute atomic E-state index is 0.425. The molecule has 1 aliphatic carbocycles. The lowest BCUT2D eigenvalue weighted by Gasteiger charge is -2.13. The van der Waals surface area contributed by atoms with Crippen molar-refractivity contribution in [2.24, 2.45) is 11.1 Å². The highest BCUT2D eigenvalue weighted by Crippen LogP contribution is 2.44. The van der Waals surface area contributed by atoms with Gasteiger partial charge in [0.05, 0.1) is 11.4 Å². The largest absolute Gasteiger partial charge is 0.397 e. The van der Waals surface area contributed by atoms with Crippen LogP contribution in [0.5, 0.6) is 0 Å². The molecule has 0 unspecified atom stereocenters. The Labute approximate surface area is 95.0 Å². The number of carbonyl (C=O) groups is 1. The Bertz CT molecular complexity index is 424. The molecule has 0 aromatic heterocycles. The fourth-order valence-electron chi connectivity index (χ4n) is 1.58. The first-order valence-electron chi connectivity index (χ1n) is 5.43. The summed E-state index contributed by atoms with van der Waals surface area (Å²) >= 11 is 0. The SMILES string of the molecule is CC1(CNc2ccc(C(N)=O)cc2N)CC1. The Balaban J connectivity index is 2.07. The zero-order valence-corrected chi connectivity index (χ0v) is 9.42. The van der Waals surface area contributed by atoms with Crippen molar-refractivity contribution in [2.75, 3.05) is 17.6 Å². The second kappa shape index (κ2) is 3.70. The number of nitrogen functional groups attached to an aromatic ring is 1. The Morgan fingerprint density at radius 2 is 2.19 bits per heavy atom. The zero-order valence-electron chi connectivity index (χ0n) is 9.42. The van der Waals surface area contributed by atoms with Gasteiger partial charge in [-0.25, -0.2) is 0 Å². The molecule has 86 valence electrons. The van der Waals surface area contributed by atoms with Gasteiger partial charge in [0, 0.05) is 12.1 Å². The fraction of sp³-hybridized carbons (Fsp3) is 0.417. The Kier molecular flexibility index (Phi) is 2.50. The Morgan fingerprint density at radius 1 is 1.50 bits per heavy atom. The molecule has 0 bridgehead atoms. The van der Waals surface area contributed by atoms with E-state index in [9.17, 15) is 4.79 Å². The third-order valence-electron chi connectivity index (χ3n) is 3.15. The summed E-state index contributed by atoms with van der Waals surface area (Å²) in [6.07, 6.45) is 2.53. The van der Waals surface area contributed by atoms with E-state index in [4.69, 9.17) is 11.5 Å². The van der Waals surface area contributed by atoms with Crippen molar-refractivity contribution in [2.45, 2.75) is 19.8 Å². The Morgan fingerprint density at radius 3 is 2.69 bits per heavy atom. The quantitative estimate of drug-likeness (QED) is 0.672. The van der Waals surface area contributed by atoms with E-state index in [2.05, 4.69) is 12.2 Å². The van der Waals surface area contributed by atoms with Gasteiger partial charge in [-0.1, -0.05) is 6.92 Å². The number of carbonyl (C=O) groups excluding carboxylic acids is 1. The van der Waals surface area contributed by atoms with E-state index in [0.29, 0.717) is 16.7 Å². The van der Waals surface area contributed by atoms with Crippen molar-refractivity contribution in [3.8, 4) is 0 Å². The average molecular weight is 219 g/mol. The topological polar surface area (TPSA) is 81.1 Å². The van der Waals surface area contributed by atoms with Crippen molar-refractivity contribution in [3.63, 3.8) is 0 Å². The summed E-state index contributed by atoms with van der Waals surface area (Å²) < 4.78 is 0. The maximum absolute atomic E-state index is 10.9. The highest BCUT2D eigenvalue weighted by molar-refractivity contribution is 5.94. The molecular weight excluding hydrogens is 202 g/mol. The molecule has 1 aromatic rings. The number of primary amides is 1. The number of rotatable bonds is 4. The third-order valence-corrected chi connectivity index (χ3v) is 3.15. The van der Waals surface area contributed by atoms with Crippen LogP contribution in [0.3, 0.4) is 0 Å². The van der Waals surface area contributed by atoms with Gasteiger partial charge in [-0.15, -0.1) is 0 Å². The van der Waals surface area contributed by atoms with Crippen molar-refractivity contribution in [1.82, 2.24) is 0 Å². The zero-order chi connectivity index (χ0) is 11.8. The molecule has 1 aromatic carbocycles. The number of benzene rings is 1. The van der Waals surface area contributed by atoms with Gasteiger partial charge in [-0.2, -0.15) is 0 Å². The summed E-state index contributed by atoms with van der Waals surface area (Å²) in [6.45, 7) is 3.17. The van der Waals surface area contributed by atoms with Crippen LogP contribution in [0.2, 0.25) is 0 Å². The average Bonchev–Trinajstić information content (AvgIpc) is 2.95. The molecule has 0 radical (unpaired) electrons. The smallest absolute Gasteiger partial charge is 0.248 e. The number of nitrogens with one attached hydrogen (secondary N) is 1. The van der Waals surface area contributed by atoms with E-state index in [1.165, 1.54) is 12.8 Å². The molecule has 4 heteroatoms. The van der Waals surface area contributed by atoms with Crippen LogP contribution in [-0.4, -0.2) is 12.5 Å². The van der Waals surface area contributed by atoms with Crippen molar-refractivity contribution >= 4 is 17.3 Å². The minimum atomic E-state index is -0.451. The van der Waals surface area contributed by atoms with Crippen LogP contribution >= 0.6 is 0 Å². The van der Waals surface area contributed by atoms with E-state index in [1.54, 1.807) is 18.2 Å². The first-order valence-corrected chi connectivity index (χ1v) is 5.43. The number of amides is 1. The van der Waals surface area contributed by atoms with E-state index in [1.807, 2.05) is 0 Å². The van der Waals surface area contributed by atoms with Gasteiger partial charge in [-0.3, -0.25) is 4.79 Å². The molecule has 0 spiro atoms. The van der Waals surface area contributed by atoms with Gasteiger partial charge < -0.3 is 16.8 Å². The summed E-state index contributed by atoms with van der Waals surface area (Å²) in [5.74, 6) is -0.451. The molecule has 16 heavy (non-hydrogen) atoms. The monoisotopic (exact) mass is 219 g/mol. The number of anilines is 2. The van der Waals surface area contributed by atoms with Crippen LogP contribution in [0.15, 0.2) is 18.2 Å². The lowest BCUT2D eigenvalue weighted by Crippen LogP contribution is -2.14. The van der Waals surface area contributed by atoms with Crippen LogP contribution < -0.4 is 16.8 Å². The predicted octanol–water partition coefficient (Wildman–Crippen LogP) is 1.58. The lowest BCUT2D eigenvalue weighted by atomic mass is 10.1. The summed E-state index contributed by atoms with van der Waals surface area (Å²) in [5.41, 5.74) is 13.3. The second-order valence-corrected chi connectivity index (χ2v) is 4.83. The van der Waals surface area contributed by atoms with Gasteiger partial charge in [0.2, 0.25) is 5.91 Å². The summed E-state index contributed by atoms with van der Waals surface area (Å²) in [5, 5.41) is 3.30. The van der Waals surface area contributed by atoms with E-state index in [0.717, 1.165) is 12.2 Å². The number of hydrogen-bond donors (Lipinski definition) is 3. The van der Waals surface area contributed by atoms with Crippen LogP contribution in [0.4, 0.5) is 11.4 Å². The third kappa shape index (κ3) is 2.27. The van der Waals surface area contributed by atoms with Gasteiger partial charge in [0.1, 0.15) is 0 Å². The molecule has 1 fully saturated rings. The molecule has 0 saturated heterocycles. The molecule has 0 aliphatic heterocycles. The maximum Gasteiger partial charge on any atom is 0.248 e. The molecule has 1 amide bonds. The van der Waals surface area contributed by atoms with Crippen LogP contribution in [0, 0.1) is 5.41 Å². The summed E-state index contributed by atoms with van der Waals surface area (Å²) in [4.78, 5) is 10.9. The Hall–Kier alpha value is -1.71.